The molecule has 3 atom stereocenters. The molecule has 0 fully saturated rings. The number of fused-ring (bicyclic) bond motifs is 8. The second-order valence-electron chi connectivity index (χ2n) is 15.7. The second kappa shape index (κ2) is 12.1. The van der Waals surface area contributed by atoms with E-state index >= 15 is 0 Å². The Morgan fingerprint density at radius 1 is 0.630 bits per heavy atom. The summed E-state index contributed by atoms with van der Waals surface area (Å²) in [7, 11) is 0. The predicted molar refractivity (Wildman–Crippen MR) is 229 cm³/mol. The molecule has 0 saturated carbocycles. The third-order valence-corrected chi connectivity index (χ3v) is 13.4. The number of nitrogens with one attached hydrogen (secondary N) is 1. The van der Waals surface area contributed by atoms with Crippen molar-refractivity contribution >= 4 is 54.0 Å². The van der Waals surface area contributed by atoms with Crippen molar-refractivity contribution in [2.75, 3.05) is 0 Å². The zero-order chi connectivity index (χ0) is 36.0. The molecule has 1 aliphatic heterocycles. The normalized spacial score (nSPS) is 20.9. The van der Waals surface area contributed by atoms with Crippen LogP contribution in [-0.4, -0.2) is 11.7 Å². The predicted octanol–water partition coefficient (Wildman–Crippen LogP) is 12.7. The Morgan fingerprint density at radius 3 is 2.28 bits per heavy atom. The first-order valence-electron chi connectivity index (χ1n) is 19.1. The van der Waals surface area contributed by atoms with Gasteiger partial charge in [-0.15, -0.1) is 11.3 Å². The number of thiophene rings is 1. The molecule has 54 heavy (non-hydrogen) atoms. The maximum atomic E-state index is 5.42. The number of nitrogens with zero attached hydrogens (tertiary/aromatic N) is 2. The van der Waals surface area contributed by atoms with E-state index in [1.807, 2.05) is 11.3 Å². The molecule has 11 rings (SSSR count). The largest absolute Gasteiger partial charge is 0.325 e. The van der Waals surface area contributed by atoms with Crippen molar-refractivity contribution in [1.82, 2.24) is 5.32 Å². The summed E-state index contributed by atoms with van der Waals surface area (Å²) in [5, 5.41) is 8.93. The topological polar surface area (TPSA) is 36.8 Å². The lowest BCUT2D eigenvalue weighted by Crippen LogP contribution is -2.38. The SMILES string of the molecule is CC1(C)c2cc(C3=NC(c4ccc5sc6ccccc6c5c4)N=C(C4=CCC5C=CC=CC5C4)N3)ccc2-c2c1cc1ccccc1c2-c1ccccc1. The first kappa shape index (κ1) is 31.7. The molecule has 0 spiro atoms. The molecule has 6 aromatic carbocycles. The number of rotatable bonds is 4. The van der Waals surface area contributed by atoms with Gasteiger partial charge < -0.3 is 5.32 Å². The average Bonchev–Trinajstić information content (AvgIpc) is 3.70. The molecule has 7 aromatic rings. The first-order chi connectivity index (χ1) is 26.5. The summed E-state index contributed by atoms with van der Waals surface area (Å²) < 4.78 is 2.60. The zero-order valence-electron chi connectivity index (χ0n) is 30.4. The van der Waals surface area contributed by atoms with Crippen LogP contribution in [0, 0.1) is 11.8 Å². The fourth-order valence-electron chi connectivity index (χ4n) is 9.39. The summed E-state index contributed by atoms with van der Waals surface area (Å²) in [4.78, 5) is 10.8. The van der Waals surface area contributed by atoms with E-state index in [2.05, 4.69) is 171 Å². The van der Waals surface area contributed by atoms with Gasteiger partial charge in [-0.2, -0.15) is 0 Å². The first-order valence-corrected chi connectivity index (χ1v) is 20.0. The van der Waals surface area contributed by atoms with E-state index in [4.69, 9.17) is 9.98 Å². The van der Waals surface area contributed by atoms with Crippen molar-refractivity contribution in [1.29, 1.82) is 0 Å². The standard InChI is InChI=1S/C50H39N3S/c1-50(2)41-29-36(22-24-39(41)46-42(50)28-33-16-8-9-17-37(33)45(46)31-13-4-3-5-14-31)49-52-47(34-21-20-30-12-6-7-15-32(30)26-34)51-48(53-49)35-23-25-44-40(27-35)38-18-10-11-19-43(38)54-44/h3-19,21-25,27-30,32,48H,20,26H2,1-2H3,(H,51,52,53). The van der Waals surface area contributed by atoms with Gasteiger partial charge in [0.25, 0.3) is 0 Å². The van der Waals surface area contributed by atoms with Gasteiger partial charge in [-0.25, -0.2) is 9.98 Å². The van der Waals surface area contributed by atoms with Gasteiger partial charge in [0, 0.05) is 31.2 Å². The van der Waals surface area contributed by atoms with Gasteiger partial charge in [0.1, 0.15) is 11.7 Å². The van der Waals surface area contributed by atoms with Gasteiger partial charge in [0.15, 0.2) is 6.17 Å². The summed E-state index contributed by atoms with van der Waals surface area (Å²) in [6.45, 7) is 4.76. The van der Waals surface area contributed by atoms with E-state index in [-0.39, 0.29) is 11.6 Å². The van der Waals surface area contributed by atoms with E-state index in [1.54, 1.807) is 0 Å². The van der Waals surface area contributed by atoms with Crippen LogP contribution in [0.5, 0.6) is 0 Å². The summed E-state index contributed by atoms with van der Waals surface area (Å²) in [5.41, 5.74) is 11.2. The minimum atomic E-state index is -0.354. The van der Waals surface area contributed by atoms with Crippen LogP contribution in [0.4, 0.5) is 0 Å². The zero-order valence-corrected chi connectivity index (χ0v) is 31.2. The Morgan fingerprint density at radius 2 is 1.39 bits per heavy atom. The van der Waals surface area contributed by atoms with Crippen molar-refractivity contribution in [3.05, 3.63) is 180 Å². The summed E-state index contributed by atoms with van der Waals surface area (Å²) in [5.74, 6) is 2.87. The highest BCUT2D eigenvalue weighted by Crippen LogP contribution is 2.54. The molecule has 0 amide bonds. The van der Waals surface area contributed by atoms with E-state index < -0.39 is 0 Å². The minimum absolute atomic E-state index is 0.202. The molecule has 260 valence electrons. The van der Waals surface area contributed by atoms with Gasteiger partial charge in [0.05, 0.1) is 0 Å². The average molecular weight is 714 g/mol. The molecule has 1 aromatic heterocycles. The Bertz CT molecular complexity index is 2850. The molecule has 1 N–H and O–H groups in total. The highest BCUT2D eigenvalue weighted by Gasteiger charge is 2.39. The maximum Gasteiger partial charge on any atom is 0.169 e. The van der Waals surface area contributed by atoms with Crippen LogP contribution in [0.1, 0.15) is 55.1 Å². The number of benzene rings is 6. The molecule has 0 radical (unpaired) electrons. The van der Waals surface area contributed by atoms with Crippen LogP contribution >= 0.6 is 11.3 Å². The van der Waals surface area contributed by atoms with E-state index in [9.17, 15) is 0 Å². The molecule has 0 bridgehead atoms. The highest BCUT2D eigenvalue weighted by molar-refractivity contribution is 7.25. The molecular formula is C50H39N3S. The van der Waals surface area contributed by atoms with Crippen LogP contribution in [0.15, 0.2) is 167 Å². The molecule has 4 aliphatic rings. The summed E-state index contributed by atoms with van der Waals surface area (Å²) in [6.07, 6.45) is 13.2. The quantitative estimate of drug-likeness (QED) is 0.194. The second-order valence-corrected chi connectivity index (χ2v) is 16.8. The van der Waals surface area contributed by atoms with Crippen molar-refractivity contribution < 1.29 is 0 Å². The van der Waals surface area contributed by atoms with E-state index in [1.165, 1.54) is 69.9 Å². The summed E-state index contributed by atoms with van der Waals surface area (Å²) >= 11 is 1.85. The number of allylic oxidation sites excluding steroid dienone is 5. The number of hydrogen-bond donors (Lipinski definition) is 1. The van der Waals surface area contributed by atoms with Crippen LogP contribution in [0.3, 0.4) is 0 Å². The van der Waals surface area contributed by atoms with Crippen LogP contribution in [0.25, 0.3) is 53.2 Å². The van der Waals surface area contributed by atoms with Gasteiger partial charge >= 0.3 is 0 Å². The smallest absolute Gasteiger partial charge is 0.169 e. The van der Waals surface area contributed by atoms with E-state index in [0.717, 1.165) is 35.6 Å². The fourth-order valence-corrected chi connectivity index (χ4v) is 10.5. The van der Waals surface area contributed by atoms with Gasteiger partial charge in [-0.3, -0.25) is 0 Å². The molecule has 3 aliphatic carbocycles. The molecule has 0 saturated heterocycles. The van der Waals surface area contributed by atoms with Gasteiger partial charge in [0.2, 0.25) is 0 Å². The van der Waals surface area contributed by atoms with Gasteiger partial charge in [-0.1, -0.05) is 135 Å². The van der Waals surface area contributed by atoms with Gasteiger partial charge in [-0.05, 0) is 110 Å². The summed E-state index contributed by atoms with van der Waals surface area (Å²) in [6, 6.07) is 44.7. The lowest BCUT2D eigenvalue weighted by molar-refractivity contribution is 0.453. The van der Waals surface area contributed by atoms with Crippen molar-refractivity contribution in [3.8, 4) is 22.3 Å². The molecule has 4 heteroatoms. The Labute approximate surface area is 319 Å². The molecular weight excluding hydrogens is 675 g/mol. The Balaban J connectivity index is 1.05. The third-order valence-electron chi connectivity index (χ3n) is 12.2. The lowest BCUT2D eigenvalue weighted by atomic mass is 9.77. The highest BCUT2D eigenvalue weighted by atomic mass is 32.1. The maximum absolute atomic E-state index is 5.42. The van der Waals surface area contributed by atoms with Crippen molar-refractivity contribution in [2.45, 2.75) is 38.3 Å². The minimum Gasteiger partial charge on any atom is -0.325 e. The van der Waals surface area contributed by atoms with Crippen LogP contribution in [-0.2, 0) is 5.41 Å². The van der Waals surface area contributed by atoms with Crippen LogP contribution < -0.4 is 5.32 Å². The number of amidine groups is 2. The fraction of sp³-hybridized carbons (Fsp3) is 0.160. The van der Waals surface area contributed by atoms with Crippen molar-refractivity contribution in [2.24, 2.45) is 21.8 Å². The molecule has 3 nitrogen and oxygen atoms in total. The number of aliphatic imine (C=N–C) groups is 2. The van der Waals surface area contributed by atoms with Crippen LogP contribution in [0.2, 0.25) is 0 Å². The lowest BCUT2D eigenvalue weighted by Gasteiger charge is -2.31. The Hall–Kier alpha value is -5.84. The molecule has 2 heterocycles. The monoisotopic (exact) mass is 713 g/mol. The van der Waals surface area contributed by atoms with Crippen molar-refractivity contribution in [3.63, 3.8) is 0 Å². The van der Waals surface area contributed by atoms with E-state index in [0.29, 0.717) is 11.8 Å². The molecule has 3 unspecified atom stereocenters. The Kier molecular flexibility index (Phi) is 7.09. The third kappa shape index (κ3) is 4.93. The number of hydrogen-bond acceptors (Lipinski definition) is 4.